The first-order valence-electron chi connectivity index (χ1n) is 5.25. The van der Waals surface area contributed by atoms with Crippen molar-refractivity contribution in [3.05, 3.63) is 0 Å². The number of carboxylic acids is 1. The molecule has 0 spiro atoms. The summed E-state index contributed by atoms with van der Waals surface area (Å²) >= 11 is 0. The average Bonchev–Trinajstić information content (AvgIpc) is 2.15. The van der Waals surface area contributed by atoms with Crippen LogP contribution in [0.25, 0.3) is 0 Å². The van der Waals surface area contributed by atoms with E-state index in [1.54, 1.807) is 0 Å². The average molecular weight is 251 g/mol. The van der Waals surface area contributed by atoms with Crippen molar-refractivity contribution in [3.63, 3.8) is 0 Å². The Balaban J connectivity index is 2.46. The van der Waals surface area contributed by atoms with Crippen LogP contribution in [-0.2, 0) is 14.8 Å². The first-order valence-corrected chi connectivity index (χ1v) is 6.90. The molecule has 1 fully saturated rings. The van der Waals surface area contributed by atoms with E-state index in [0.29, 0.717) is 12.8 Å². The maximum absolute atomic E-state index is 11.2. The fourth-order valence-corrected chi connectivity index (χ4v) is 2.76. The Bertz CT molecular complexity index is 345. The number of hydrogen-bond acceptors (Lipinski definition) is 4. The minimum absolute atomic E-state index is 0.0946. The van der Waals surface area contributed by atoms with Crippen LogP contribution in [0.2, 0.25) is 0 Å². The Morgan fingerprint density at radius 3 is 2.31 bits per heavy atom. The number of carboxylic acid groups (broad SMARTS) is 1. The fraction of sp³-hybridized carbons (Fsp3) is 0.889. The molecule has 6 nitrogen and oxygen atoms in total. The van der Waals surface area contributed by atoms with Gasteiger partial charge >= 0.3 is 5.97 Å². The van der Waals surface area contributed by atoms with Gasteiger partial charge in [-0.1, -0.05) is 19.3 Å². The molecule has 0 amide bonds. The van der Waals surface area contributed by atoms with Crippen LogP contribution in [0.3, 0.4) is 0 Å². The van der Waals surface area contributed by atoms with Gasteiger partial charge in [-0.3, -0.25) is 4.79 Å². The number of nitrogens with one attached hydrogen (secondary N) is 1. The Morgan fingerprint density at radius 2 is 1.81 bits per heavy atom. The number of aliphatic carboxylic acids is 1. The molecule has 0 heterocycles. The third-order valence-electron chi connectivity index (χ3n) is 2.72. The van der Waals surface area contributed by atoms with Gasteiger partial charge in [0.05, 0.1) is 5.60 Å². The smallest absolute Gasteiger partial charge is 0.320 e. The summed E-state index contributed by atoms with van der Waals surface area (Å²) < 4.78 is 24.6. The predicted octanol–water partition coefficient (Wildman–Crippen LogP) is -0.314. The summed E-state index contributed by atoms with van der Waals surface area (Å²) in [6.45, 7) is -0.0946. The zero-order valence-corrected chi connectivity index (χ0v) is 9.79. The predicted molar refractivity (Wildman–Crippen MR) is 57.5 cm³/mol. The fourth-order valence-electron chi connectivity index (χ4n) is 1.84. The lowest BCUT2D eigenvalue weighted by Crippen LogP contribution is -2.45. The molecule has 3 N–H and O–H groups in total. The van der Waals surface area contributed by atoms with Gasteiger partial charge < -0.3 is 10.2 Å². The molecule has 94 valence electrons. The minimum Gasteiger partial charge on any atom is -0.480 e. The van der Waals surface area contributed by atoms with Crippen molar-refractivity contribution in [1.82, 2.24) is 4.72 Å². The van der Waals surface area contributed by atoms with Gasteiger partial charge in [-0.25, -0.2) is 13.1 Å². The Labute approximate surface area is 94.7 Å². The van der Waals surface area contributed by atoms with Crippen LogP contribution in [-0.4, -0.2) is 42.5 Å². The molecule has 0 radical (unpaired) electrons. The van der Waals surface area contributed by atoms with Gasteiger partial charge in [0.15, 0.2) is 5.75 Å². The lowest BCUT2D eigenvalue weighted by Gasteiger charge is -2.31. The van der Waals surface area contributed by atoms with Crippen molar-refractivity contribution >= 4 is 16.0 Å². The first-order chi connectivity index (χ1) is 7.33. The molecule has 0 aromatic heterocycles. The third-order valence-corrected chi connectivity index (χ3v) is 3.93. The topological polar surface area (TPSA) is 104 Å². The Kier molecular flexibility index (Phi) is 4.28. The summed E-state index contributed by atoms with van der Waals surface area (Å²) in [6, 6.07) is 0. The van der Waals surface area contributed by atoms with Crippen molar-refractivity contribution in [2.45, 2.75) is 37.7 Å². The van der Waals surface area contributed by atoms with E-state index in [-0.39, 0.29) is 6.54 Å². The maximum atomic E-state index is 11.2. The van der Waals surface area contributed by atoms with Crippen molar-refractivity contribution in [1.29, 1.82) is 0 Å². The molecular weight excluding hydrogens is 234 g/mol. The number of carbonyl (C=O) groups is 1. The summed E-state index contributed by atoms with van der Waals surface area (Å²) in [5.74, 6) is -2.36. The first kappa shape index (κ1) is 13.4. The van der Waals surface area contributed by atoms with E-state index in [0.717, 1.165) is 19.3 Å². The number of sulfonamides is 1. The van der Waals surface area contributed by atoms with E-state index < -0.39 is 27.3 Å². The van der Waals surface area contributed by atoms with E-state index in [1.165, 1.54) is 0 Å². The summed E-state index contributed by atoms with van der Waals surface area (Å²) in [4.78, 5) is 10.3. The zero-order valence-electron chi connectivity index (χ0n) is 8.98. The SMILES string of the molecule is O=C(O)CS(=O)(=O)NCC1(O)CCCCC1. The largest absolute Gasteiger partial charge is 0.480 e. The van der Waals surface area contributed by atoms with Crippen molar-refractivity contribution in [2.75, 3.05) is 12.3 Å². The highest BCUT2D eigenvalue weighted by atomic mass is 32.2. The minimum atomic E-state index is -3.83. The van der Waals surface area contributed by atoms with Gasteiger partial charge in [0.25, 0.3) is 0 Å². The molecule has 1 rings (SSSR count). The van der Waals surface area contributed by atoms with Crippen LogP contribution in [0, 0.1) is 0 Å². The Hall–Kier alpha value is -0.660. The van der Waals surface area contributed by atoms with Crippen LogP contribution in [0.4, 0.5) is 0 Å². The molecule has 0 aromatic rings. The Morgan fingerprint density at radius 1 is 1.25 bits per heavy atom. The second-order valence-corrected chi connectivity index (χ2v) is 6.07. The van der Waals surface area contributed by atoms with Crippen molar-refractivity contribution in [3.8, 4) is 0 Å². The molecule has 7 heteroatoms. The number of rotatable bonds is 5. The van der Waals surface area contributed by atoms with Gasteiger partial charge in [-0.2, -0.15) is 0 Å². The quantitative estimate of drug-likeness (QED) is 0.621. The molecule has 0 aromatic carbocycles. The van der Waals surface area contributed by atoms with Gasteiger partial charge in [0, 0.05) is 6.54 Å². The van der Waals surface area contributed by atoms with Crippen LogP contribution in [0.15, 0.2) is 0 Å². The molecule has 0 aliphatic heterocycles. The monoisotopic (exact) mass is 251 g/mol. The van der Waals surface area contributed by atoms with Gasteiger partial charge in [-0.05, 0) is 12.8 Å². The second kappa shape index (κ2) is 5.11. The third kappa shape index (κ3) is 4.46. The molecule has 1 aliphatic carbocycles. The van der Waals surface area contributed by atoms with Gasteiger partial charge in [-0.15, -0.1) is 0 Å². The van der Waals surface area contributed by atoms with Gasteiger partial charge in [0.1, 0.15) is 0 Å². The molecular formula is C9H17NO5S. The highest BCUT2D eigenvalue weighted by molar-refractivity contribution is 7.90. The van der Waals surface area contributed by atoms with Gasteiger partial charge in [0.2, 0.25) is 10.0 Å². The summed E-state index contributed by atoms with van der Waals surface area (Å²) in [5.41, 5.74) is -1.01. The number of aliphatic hydroxyl groups is 1. The van der Waals surface area contributed by atoms with Crippen LogP contribution in [0.5, 0.6) is 0 Å². The van der Waals surface area contributed by atoms with Crippen molar-refractivity contribution < 1.29 is 23.4 Å². The van der Waals surface area contributed by atoms with Crippen LogP contribution >= 0.6 is 0 Å². The summed E-state index contributed by atoms with van der Waals surface area (Å²) in [7, 11) is -3.83. The second-order valence-electron chi connectivity index (χ2n) is 4.26. The molecule has 1 saturated carbocycles. The molecule has 1 aliphatic rings. The lowest BCUT2D eigenvalue weighted by atomic mass is 9.85. The van der Waals surface area contributed by atoms with E-state index in [1.807, 2.05) is 0 Å². The molecule has 0 unspecified atom stereocenters. The lowest BCUT2D eigenvalue weighted by molar-refractivity contribution is -0.134. The number of hydrogen-bond donors (Lipinski definition) is 3. The molecule has 0 atom stereocenters. The summed E-state index contributed by atoms with van der Waals surface area (Å²) in [6.07, 6.45) is 3.91. The van der Waals surface area contributed by atoms with Crippen molar-refractivity contribution in [2.24, 2.45) is 0 Å². The van der Waals surface area contributed by atoms with Crippen LogP contribution < -0.4 is 4.72 Å². The van der Waals surface area contributed by atoms with E-state index in [9.17, 15) is 18.3 Å². The highest BCUT2D eigenvalue weighted by Crippen LogP contribution is 2.27. The van der Waals surface area contributed by atoms with E-state index in [2.05, 4.69) is 4.72 Å². The molecule has 0 bridgehead atoms. The zero-order chi connectivity index (χ0) is 12.2. The molecule has 0 saturated heterocycles. The highest BCUT2D eigenvalue weighted by Gasteiger charge is 2.30. The molecule has 16 heavy (non-hydrogen) atoms. The van der Waals surface area contributed by atoms with E-state index in [4.69, 9.17) is 5.11 Å². The van der Waals surface area contributed by atoms with E-state index >= 15 is 0 Å². The van der Waals surface area contributed by atoms with Crippen LogP contribution in [0.1, 0.15) is 32.1 Å². The normalized spacial score (nSPS) is 20.6. The summed E-state index contributed by atoms with van der Waals surface area (Å²) in [5, 5.41) is 18.4. The standard InChI is InChI=1S/C9H17NO5S/c11-8(12)6-16(14,15)10-7-9(13)4-2-1-3-5-9/h10,13H,1-7H2,(H,11,12). The maximum Gasteiger partial charge on any atom is 0.320 e.